The van der Waals surface area contributed by atoms with Crippen LogP contribution in [0.1, 0.15) is 16.1 Å². The number of aromatic nitrogens is 1. The van der Waals surface area contributed by atoms with E-state index in [4.69, 9.17) is 11.6 Å². The molecule has 0 aliphatic carbocycles. The van der Waals surface area contributed by atoms with E-state index in [1.54, 1.807) is 0 Å². The lowest BCUT2D eigenvalue weighted by atomic mass is 10.1. The normalized spacial score (nSPS) is 14.5. The van der Waals surface area contributed by atoms with Gasteiger partial charge >= 0.3 is 0 Å². The molecule has 100 valence electrons. The number of hydrogen-bond acceptors (Lipinski definition) is 4. The lowest BCUT2D eigenvalue weighted by Crippen LogP contribution is -2.30. The number of pyridine rings is 1. The fraction of sp³-hybridized carbons (Fsp3) is 0.357. The van der Waals surface area contributed by atoms with Gasteiger partial charge in [0.1, 0.15) is 5.82 Å². The van der Waals surface area contributed by atoms with E-state index in [0.717, 1.165) is 36.0 Å². The van der Waals surface area contributed by atoms with Crippen molar-refractivity contribution in [2.45, 2.75) is 19.5 Å². The van der Waals surface area contributed by atoms with Crippen LogP contribution in [0.15, 0.2) is 23.6 Å². The minimum Gasteiger partial charge on any atom is -0.352 e. The Morgan fingerprint density at radius 1 is 1.42 bits per heavy atom. The molecular weight excluding hydrogens is 278 g/mol. The zero-order chi connectivity index (χ0) is 13.2. The van der Waals surface area contributed by atoms with Crippen molar-refractivity contribution < 1.29 is 0 Å². The molecular formula is C14H16ClN3S. The molecule has 0 bridgehead atoms. The first-order chi connectivity index (χ1) is 9.28. The number of hydrogen-bond donors (Lipinski definition) is 1. The molecule has 0 aromatic carbocycles. The Hall–Kier alpha value is -1.10. The Morgan fingerprint density at radius 2 is 2.32 bits per heavy atom. The topological polar surface area (TPSA) is 28.2 Å². The maximum Gasteiger partial charge on any atom is 0.129 e. The number of nitrogens with zero attached hydrogens (tertiary/aromatic N) is 2. The van der Waals surface area contributed by atoms with Gasteiger partial charge in [-0.3, -0.25) is 0 Å². The maximum absolute atomic E-state index is 6.16. The van der Waals surface area contributed by atoms with Crippen molar-refractivity contribution in [1.82, 2.24) is 10.3 Å². The SMILES string of the molecule is CNCc1nc(N2CCc3sccc3C2)ccc1Cl. The summed E-state index contributed by atoms with van der Waals surface area (Å²) in [5, 5.41) is 6.01. The van der Waals surface area contributed by atoms with Crippen molar-refractivity contribution >= 4 is 28.8 Å². The molecule has 2 aromatic heterocycles. The van der Waals surface area contributed by atoms with Crippen molar-refractivity contribution in [3.8, 4) is 0 Å². The lowest BCUT2D eigenvalue weighted by molar-refractivity contribution is 0.721. The van der Waals surface area contributed by atoms with Crippen molar-refractivity contribution in [2.24, 2.45) is 0 Å². The molecule has 0 amide bonds. The Labute approximate surface area is 122 Å². The van der Waals surface area contributed by atoms with Gasteiger partial charge in [0.05, 0.1) is 10.7 Å². The first kappa shape index (κ1) is 12.9. The fourth-order valence-electron chi connectivity index (χ4n) is 2.38. The van der Waals surface area contributed by atoms with Crippen LogP contribution >= 0.6 is 22.9 Å². The summed E-state index contributed by atoms with van der Waals surface area (Å²) in [6.45, 7) is 2.68. The van der Waals surface area contributed by atoms with E-state index in [9.17, 15) is 0 Å². The van der Waals surface area contributed by atoms with Gasteiger partial charge in [0.25, 0.3) is 0 Å². The van der Waals surface area contributed by atoms with Crippen molar-refractivity contribution in [2.75, 3.05) is 18.5 Å². The second kappa shape index (κ2) is 5.49. The van der Waals surface area contributed by atoms with Crippen LogP contribution in [-0.2, 0) is 19.5 Å². The predicted molar refractivity (Wildman–Crippen MR) is 81.1 cm³/mol. The van der Waals surface area contributed by atoms with Gasteiger partial charge in [-0.15, -0.1) is 11.3 Å². The molecule has 3 heterocycles. The molecule has 3 nitrogen and oxygen atoms in total. The lowest BCUT2D eigenvalue weighted by Gasteiger charge is -2.28. The van der Waals surface area contributed by atoms with Gasteiger partial charge in [0, 0.05) is 24.5 Å². The van der Waals surface area contributed by atoms with Crippen LogP contribution in [0.3, 0.4) is 0 Å². The van der Waals surface area contributed by atoms with Crippen LogP contribution in [0.5, 0.6) is 0 Å². The van der Waals surface area contributed by atoms with E-state index in [0.29, 0.717) is 6.54 Å². The second-order valence-electron chi connectivity index (χ2n) is 4.67. The van der Waals surface area contributed by atoms with Gasteiger partial charge in [0.2, 0.25) is 0 Å². The van der Waals surface area contributed by atoms with Gasteiger partial charge in [-0.2, -0.15) is 0 Å². The number of fused-ring (bicyclic) bond motifs is 1. The summed E-state index contributed by atoms with van der Waals surface area (Å²) in [7, 11) is 1.91. The number of rotatable bonds is 3. The van der Waals surface area contributed by atoms with Crippen LogP contribution in [0.2, 0.25) is 5.02 Å². The van der Waals surface area contributed by atoms with E-state index < -0.39 is 0 Å². The van der Waals surface area contributed by atoms with Crippen LogP contribution in [0, 0.1) is 0 Å². The van der Waals surface area contributed by atoms with Crippen LogP contribution in [-0.4, -0.2) is 18.6 Å². The molecule has 0 unspecified atom stereocenters. The van der Waals surface area contributed by atoms with E-state index in [1.807, 2.05) is 30.5 Å². The molecule has 0 radical (unpaired) electrons. The van der Waals surface area contributed by atoms with Crippen LogP contribution in [0.4, 0.5) is 5.82 Å². The van der Waals surface area contributed by atoms with E-state index in [1.165, 1.54) is 10.4 Å². The third kappa shape index (κ3) is 2.61. The van der Waals surface area contributed by atoms with Gasteiger partial charge < -0.3 is 10.2 Å². The monoisotopic (exact) mass is 293 g/mol. The van der Waals surface area contributed by atoms with Gasteiger partial charge in [-0.05, 0) is 42.6 Å². The minimum atomic E-state index is 0.699. The molecule has 0 saturated carbocycles. The number of nitrogens with one attached hydrogen (secondary N) is 1. The molecule has 19 heavy (non-hydrogen) atoms. The van der Waals surface area contributed by atoms with Crippen LogP contribution < -0.4 is 10.2 Å². The number of thiophene rings is 1. The summed E-state index contributed by atoms with van der Waals surface area (Å²) in [5.74, 6) is 1.02. The molecule has 1 aliphatic rings. The smallest absolute Gasteiger partial charge is 0.129 e. The summed E-state index contributed by atoms with van der Waals surface area (Å²) < 4.78 is 0. The molecule has 1 N–H and O–H groups in total. The van der Waals surface area contributed by atoms with E-state index in [2.05, 4.69) is 26.6 Å². The summed E-state index contributed by atoms with van der Waals surface area (Å²) >= 11 is 8.02. The molecule has 0 fully saturated rings. The number of halogens is 1. The third-order valence-corrected chi connectivity index (χ3v) is 4.75. The maximum atomic E-state index is 6.16. The molecule has 1 aliphatic heterocycles. The van der Waals surface area contributed by atoms with Gasteiger partial charge in [0.15, 0.2) is 0 Å². The zero-order valence-electron chi connectivity index (χ0n) is 10.8. The average molecular weight is 294 g/mol. The third-order valence-electron chi connectivity index (χ3n) is 3.38. The highest BCUT2D eigenvalue weighted by atomic mass is 35.5. The molecule has 5 heteroatoms. The predicted octanol–water partition coefficient (Wildman–Crippen LogP) is 3.08. The zero-order valence-corrected chi connectivity index (χ0v) is 12.4. The summed E-state index contributed by atoms with van der Waals surface area (Å²) in [5.41, 5.74) is 2.35. The van der Waals surface area contributed by atoms with E-state index >= 15 is 0 Å². The van der Waals surface area contributed by atoms with Crippen LogP contribution in [0.25, 0.3) is 0 Å². The quantitative estimate of drug-likeness (QED) is 0.943. The average Bonchev–Trinajstić information content (AvgIpc) is 2.89. The standard InChI is InChI=1S/C14H16ClN3S/c1-16-8-12-11(15)2-3-14(17-12)18-6-4-13-10(9-18)5-7-19-13/h2-3,5,7,16H,4,6,8-9H2,1H3. The fourth-order valence-corrected chi connectivity index (χ4v) is 3.45. The highest BCUT2D eigenvalue weighted by molar-refractivity contribution is 7.10. The molecule has 2 aromatic rings. The van der Waals surface area contributed by atoms with Crippen molar-refractivity contribution in [1.29, 1.82) is 0 Å². The molecule has 0 atom stereocenters. The first-order valence-electron chi connectivity index (χ1n) is 6.38. The molecule has 0 spiro atoms. The highest BCUT2D eigenvalue weighted by Crippen LogP contribution is 2.28. The second-order valence-corrected chi connectivity index (χ2v) is 6.08. The largest absolute Gasteiger partial charge is 0.352 e. The minimum absolute atomic E-state index is 0.699. The molecule has 0 saturated heterocycles. The Balaban J connectivity index is 1.85. The van der Waals surface area contributed by atoms with Crippen molar-refractivity contribution in [3.63, 3.8) is 0 Å². The Bertz CT molecular complexity index is 582. The Morgan fingerprint density at radius 3 is 3.16 bits per heavy atom. The van der Waals surface area contributed by atoms with Gasteiger partial charge in [-0.25, -0.2) is 4.98 Å². The number of anilines is 1. The molecule has 3 rings (SSSR count). The van der Waals surface area contributed by atoms with Crippen molar-refractivity contribution in [3.05, 3.63) is 44.7 Å². The first-order valence-corrected chi connectivity index (χ1v) is 7.64. The highest BCUT2D eigenvalue weighted by Gasteiger charge is 2.18. The van der Waals surface area contributed by atoms with E-state index in [-0.39, 0.29) is 0 Å². The van der Waals surface area contributed by atoms with Gasteiger partial charge in [-0.1, -0.05) is 11.6 Å². The summed E-state index contributed by atoms with van der Waals surface area (Å²) in [4.78, 5) is 8.52. The Kier molecular flexibility index (Phi) is 3.73. The summed E-state index contributed by atoms with van der Waals surface area (Å²) in [6, 6.07) is 6.18. The summed E-state index contributed by atoms with van der Waals surface area (Å²) in [6.07, 6.45) is 1.11.